The summed E-state index contributed by atoms with van der Waals surface area (Å²) in [5.41, 5.74) is 2.58. The fraction of sp³-hybridized carbons (Fsp3) is 0.160. The fourth-order valence-corrected chi connectivity index (χ4v) is 4.40. The van der Waals surface area contributed by atoms with Crippen LogP contribution in [-0.2, 0) is 10.0 Å². The van der Waals surface area contributed by atoms with E-state index in [1.165, 1.54) is 24.3 Å². The summed E-state index contributed by atoms with van der Waals surface area (Å²) in [6, 6.07) is 25.6. The Labute approximate surface area is 183 Å². The first-order chi connectivity index (χ1) is 14.9. The Morgan fingerprint density at radius 3 is 1.90 bits per heavy atom. The van der Waals surface area contributed by atoms with Gasteiger partial charge in [0.15, 0.2) is 0 Å². The lowest BCUT2D eigenvalue weighted by atomic mass is 9.85. The van der Waals surface area contributed by atoms with Gasteiger partial charge in [-0.15, -0.1) is 6.42 Å². The van der Waals surface area contributed by atoms with Crippen molar-refractivity contribution in [3.63, 3.8) is 0 Å². The molecule has 31 heavy (non-hydrogen) atoms. The summed E-state index contributed by atoms with van der Waals surface area (Å²) in [5.74, 6) is 1.93. The van der Waals surface area contributed by atoms with Crippen LogP contribution < -0.4 is 10.0 Å². The van der Waals surface area contributed by atoms with Crippen LogP contribution in [0.4, 0.5) is 0 Å². The molecule has 0 spiro atoms. The van der Waals surface area contributed by atoms with E-state index in [2.05, 4.69) is 16.0 Å². The van der Waals surface area contributed by atoms with Crippen LogP contribution in [0.2, 0.25) is 0 Å². The minimum atomic E-state index is -3.70. The summed E-state index contributed by atoms with van der Waals surface area (Å²) in [6.45, 7) is 1.87. The minimum Gasteiger partial charge on any atom is -0.349 e. The normalized spacial score (nSPS) is 12.2. The summed E-state index contributed by atoms with van der Waals surface area (Å²) in [6.07, 6.45) is 5.10. The number of sulfonamides is 1. The molecule has 1 amide bonds. The van der Waals surface area contributed by atoms with Gasteiger partial charge in [0.2, 0.25) is 10.0 Å². The number of amides is 1. The third-order valence-electron chi connectivity index (χ3n) is 4.97. The SMILES string of the molecule is C#CCNS(=O)(=O)c1ccc(C(=O)NC(C)C(c2ccccc2)c2ccccc2)cc1. The first kappa shape index (κ1) is 22.3. The highest BCUT2D eigenvalue weighted by atomic mass is 32.2. The molecule has 0 aliphatic carbocycles. The minimum absolute atomic E-state index is 0.0287. The number of terminal acetylenes is 1. The Morgan fingerprint density at radius 2 is 1.42 bits per heavy atom. The van der Waals surface area contributed by atoms with Gasteiger partial charge >= 0.3 is 0 Å². The highest BCUT2D eigenvalue weighted by Crippen LogP contribution is 2.28. The molecule has 3 rings (SSSR count). The standard InChI is InChI=1S/C25H24N2O3S/c1-3-18-26-31(29,30)23-16-14-22(15-17-23)25(28)27-19(2)24(20-10-6-4-7-11-20)21-12-8-5-9-13-21/h1,4-17,19,24,26H,18H2,2H3,(H,27,28). The van der Waals surface area contributed by atoms with Crippen molar-refractivity contribution in [2.24, 2.45) is 0 Å². The van der Waals surface area contributed by atoms with Crippen molar-refractivity contribution in [1.29, 1.82) is 0 Å². The van der Waals surface area contributed by atoms with E-state index in [0.29, 0.717) is 5.56 Å². The van der Waals surface area contributed by atoms with E-state index in [1.54, 1.807) is 0 Å². The molecule has 6 heteroatoms. The van der Waals surface area contributed by atoms with Crippen molar-refractivity contribution in [2.75, 3.05) is 6.54 Å². The second kappa shape index (κ2) is 10.1. The first-order valence-electron chi connectivity index (χ1n) is 9.86. The van der Waals surface area contributed by atoms with Crippen LogP contribution in [0.3, 0.4) is 0 Å². The molecular formula is C25H24N2O3S. The predicted octanol–water partition coefficient (Wildman–Crippen LogP) is 3.55. The molecule has 0 heterocycles. The van der Waals surface area contributed by atoms with Crippen LogP contribution in [0, 0.1) is 12.3 Å². The van der Waals surface area contributed by atoms with Crippen molar-refractivity contribution in [1.82, 2.24) is 10.0 Å². The van der Waals surface area contributed by atoms with Crippen LogP contribution in [-0.4, -0.2) is 26.9 Å². The number of hydrogen-bond acceptors (Lipinski definition) is 3. The molecule has 0 radical (unpaired) electrons. The van der Waals surface area contributed by atoms with Crippen LogP contribution >= 0.6 is 0 Å². The molecule has 1 atom stereocenters. The Kier molecular flexibility index (Phi) is 7.24. The van der Waals surface area contributed by atoms with Gasteiger partial charge in [-0.3, -0.25) is 4.79 Å². The van der Waals surface area contributed by atoms with Gasteiger partial charge in [0.25, 0.3) is 5.91 Å². The largest absolute Gasteiger partial charge is 0.349 e. The van der Waals surface area contributed by atoms with Gasteiger partial charge in [0.1, 0.15) is 0 Å². The highest BCUT2D eigenvalue weighted by Gasteiger charge is 2.23. The number of carbonyl (C=O) groups excluding carboxylic acids is 1. The van der Waals surface area contributed by atoms with Crippen molar-refractivity contribution < 1.29 is 13.2 Å². The van der Waals surface area contributed by atoms with E-state index < -0.39 is 10.0 Å². The lowest BCUT2D eigenvalue weighted by molar-refractivity contribution is 0.0937. The van der Waals surface area contributed by atoms with Gasteiger partial charge < -0.3 is 5.32 Å². The number of hydrogen-bond donors (Lipinski definition) is 2. The lowest BCUT2D eigenvalue weighted by Gasteiger charge is -2.26. The van der Waals surface area contributed by atoms with E-state index in [0.717, 1.165) is 11.1 Å². The maximum absolute atomic E-state index is 12.9. The highest BCUT2D eigenvalue weighted by molar-refractivity contribution is 7.89. The van der Waals surface area contributed by atoms with Crippen LogP contribution in [0.1, 0.15) is 34.3 Å². The molecule has 0 aromatic heterocycles. The quantitative estimate of drug-likeness (QED) is 0.535. The topological polar surface area (TPSA) is 75.3 Å². The van der Waals surface area contributed by atoms with Crippen LogP contribution in [0.5, 0.6) is 0 Å². The summed E-state index contributed by atoms with van der Waals surface area (Å²) in [7, 11) is -3.70. The van der Waals surface area contributed by atoms with Crippen molar-refractivity contribution in [3.8, 4) is 12.3 Å². The monoisotopic (exact) mass is 432 g/mol. The Bertz CT molecular complexity index is 1110. The Morgan fingerprint density at radius 1 is 0.903 bits per heavy atom. The zero-order valence-electron chi connectivity index (χ0n) is 17.2. The summed E-state index contributed by atoms with van der Waals surface area (Å²) in [4.78, 5) is 12.9. The van der Waals surface area contributed by atoms with Crippen LogP contribution in [0.25, 0.3) is 0 Å². The van der Waals surface area contributed by atoms with E-state index >= 15 is 0 Å². The summed E-state index contributed by atoms with van der Waals surface area (Å²) in [5, 5.41) is 3.06. The average Bonchev–Trinajstić information content (AvgIpc) is 2.79. The molecule has 0 fully saturated rings. The Hall–Kier alpha value is -3.40. The van der Waals surface area contributed by atoms with E-state index in [9.17, 15) is 13.2 Å². The summed E-state index contributed by atoms with van der Waals surface area (Å²) < 4.78 is 26.6. The number of benzene rings is 3. The molecule has 3 aromatic rings. The molecule has 0 aliphatic rings. The zero-order valence-corrected chi connectivity index (χ0v) is 18.0. The smallest absolute Gasteiger partial charge is 0.251 e. The lowest BCUT2D eigenvalue weighted by Crippen LogP contribution is -2.37. The van der Waals surface area contributed by atoms with Gasteiger partial charge in [0, 0.05) is 17.5 Å². The van der Waals surface area contributed by atoms with Gasteiger partial charge in [0.05, 0.1) is 11.4 Å². The molecule has 0 aliphatic heterocycles. The predicted molar refractivity (Wildman–Crippen MR) is 122 cm³/mol. The maximum atomic E-state index is 12.9. The maximum Gasteiger partial charge on any atom is 0.251 e. The second-order valence-corrected chi connectivity index (χ2v) is 8.88. The van der Waals surface area contributed by atoms with Gasteiger partial charge in [-0.2, -0.15) is 4.72 Å². The third kappa shape index (κ3) is 5.60. The number of rotatable bonds is 8. The van der Waals surface area contributed by atoms with E-state index in [1.807, 2.05) is 67.6 Å². The Balaban J connectivity index is 1.79. The van der Waals surface area contributed by atoms with Gasteiger partial charge in [-0.25, -0.2) is 8.42 Å². The van der Waals surface area contributed by atoms with Crippen molar-refractivity contribution in [2.45, 2.75) is 23.8 Å². The molecule has 2 N–H and O–H groups in total. The van der Waals surface area contributed by atoms with Gasteiger partial charge in [-0.05, 0) is 42.3 Å². The number of carbonyl (C=O) groups is 1. The van der Waals surface area contributed by atoms with Gasteiger partial charge in [-0.1, -0.05) is 66.6 Å². The van der Waals surface area contributed by atoms with Crippen LogP contribution in [0.15, 0.2) is 89.8 Å². The number of nitrogens with one attached hydrogen (secondary N) is 2. The molecule has 0 saturated heterocycles. The van der Waals surface area contributed by atoms with Crippen molar-refractivity contribution >= 4 is 15.9 Å². The van der Waals surface area contributed by atoms with Crippen molar-refractivity contribution in [3.05, 3.63) is 102 Å². The fourth-order valence-electron chi connectivity index (χ4n) is 3.47. The molecule has 3 aromatic carbocycles. The zero-order chi connectivity index (χ0) is 22.3. The first-order valence-corrected chi connectivity index (χ1v) is 11.3. The van der Waals surface area contributed by atoms with E-state index in [-0.39, 0.29) is 29.3 Å². The molecule has 158 valence electrons. The second-order valence-electron chi connectivity index (χ2n) is 7.11. The summed E-state index contributed by atoms with van der Waals surface area (Å²) >= 11 is 0. The third-order valence-corrected chi connectivity index (χ3v) is 6.38. The molecule has 1 unspecified atom stereocenters. The molecule has 0 saturated carbocycles. The molecule has 0 bridgehead atoms. The molecule has 5 nitrogen and oxygen atoms in total. The average molecular weight is 433 g/mol. The van der Waals surface area contributed by atoms with E-state index in [4.69, 9.17) is 6.42 Å². The molecular weight excluding hydrogens is 408 g/mol.